The lowest BCUT2D eigenvalue weighted by Gasteiger charge is -2.23. The van der Waals surface area contributed by atoms with Crippen molar-refractivity contribution in [3.63, 3.8) is 0 Å². The highest BCUT2D eigenvalue weighted by molar-refractivity contribution is 7.89. The van der Waals surface area contributed by atoms with Crippen LogP contribution in [0.25, 0.3) is 0 Å². The number of anilines is 1. The second-order valence-electron chi connectivity index (χ2n) is 7.86. The number of fused-ring (bicyclic) bond motifs is 1. The van der Waals surface area contributed by atoms with E-state index >= 15 is 0 Å². The molecule has 3 rings (SSSR count). The average molecular weight is 409 g/mol. The van der Waals surface area contributed by atoms with Crippen LogP contribution in [0, 0.1) is 5.92 Å². The Labute approximate surface area is 166 Å². The largest absolute Gasteiger partial charge is 0.456 e. The minimum atomic E-state index is -3.79. The smallest absolute Gasteiger partial charge is 0.306 e. The van der Waals surface area contributed by atoms with Crippen molar-refractivity contribution in [1.29, 1.82) is 0 Å². The van der Waals surface area contributed by atoms with Crippen LogP contribution >= 0.6 is 0 Å². The van der Waals surface area contributed by atoms with Crippen molar-refractivity contribution in [2.45, 2.75) is 69.2 Å². The summed E-state index contributed by atoms with van der Waals surface area (Å²) in [6, 6.07) is 4.34. The van der Waals surface area contributed by atoms with Gasteiger partial charge in [0.15, 0.2) is 6.61 Å². The van der Waals surface area contributed by atoms with Gasteiger partial charge in [-0.2, -0.15) is 0 Å². The number of benzene rings is 1. The van der Waals surface area contributed by atoms with Crippen molar-refractivity contribution in [3.05, 3.63) is 23.8 Å². The Kier molecular flexibility index (Phi) is 6.40. The van der Waals surface area contributed by atoms with Gasteiger partial charge in [0, 0.05) is 18.2 Å². The van der Waals surface area contributed by atoms with Crippen molar-refractivity contribution >= 4 is 27.6 Å². The van der Waals surface area contributed by atoms with E-state index in [1.54, 1.807) is 11.0 Å². The van der Waals surface area contributed by atoms with Crippen molar-refractivity contribution < 1.29 is 22.7 Å². The molecule has 1 saturated carbocycles. The van der Waals surface area contributed by atoms with Crippen LogP contribution in [0.2, 0.25) is 0 Å². The quantitative estimate of drug-likeness (QED) is 0.728. The van der Waals surface area contributed by atoms with Gasteiger partial charge in [0.2, 0.25) is 10.0 Å². The van der Waals surface area contributed by atoms with Crippen LogP contribution in [-0.2, 0) is 30.8 Å². The number of hydrogen-bond acceptors (Lipinski definition) is 5. The van der Waals surface area contributed by atoms with Crippen molar-refractivity contribution in [2.75, 3.05) is 11.5 Å². The third kappa shape index (κ3) is 4.91. The summed E-state index contributed by atoms with van der Waals surface area (Å²) >= 11 is 0. The Hall–Kier alpha value is -1.93. The van der Waals surface area contributed by atoms with Crippen LogP contribution in [0.5, 0.6) is 0 Å². The predicted molar refractivity (Wildman–Crippen MR) is 105 cm³/mol. The summed E-state index contributed by atoms with van der Waals surface area (Å²) in [6.45, 7) is 1.57. The summed E-state index contributed by atoms with van der Waals surface area (Å²) < 4.78 is 28.2. The number of rotatable bonds is 6. The van der Waals surface area contributed by atoms with Gasteiger partial charge in [0.05, 0.1) is 4.90 Å². The second kappa shape index (κ2) is 8.61. The van der Waals surface area contributed by atoms with E-state index in [0.29, 0.717) is 24.4 Å². The van der Waals surface area contributed by atoms with E-state index < -0.39 is 10.0 Å². The molecule has 1 atom stereocenters. The lowest BCUT2D eigenvalue weighted by atomic mass is 9.86. The van der Waals surface area contributed by atoms with Gasteiger partial charge < -0.3 is 9.64 Å². The van der Waals surface area contributed by atoms with Gasteiger partial charge in [-0.25, -0.2) is 13.6 Å². The number of carbonyl (C=O) groups is 2. The van der Waals surface area contributed by atoms with E-state index in [4.69, 9.17) is 9.88 Å². The molecule has 0 saturated heterocycles. The van der Waals surface area contributed by atoms with E-state index in [1.807, 2.05) is 6.92 Å². The Morgan fingerprint density at radius 1 is 1.21 bits per heavy atom. The molecule has 7 nitrogen and oxygen atoms in total. The lowest BCUT2D eigenvalue weighted by Crippen LogP contribution is -2.38. The van der Waals surface area contributed by atoms with Gasteiger partial charge in [-0.15, -0.1) is 0 Å². The van der Waals surface area contributed by atoms with E-state index in [-0.39, 0.29) is 29.4 Å². The Bertz CT molecular complexity index is 846. The molecule has 0 spiro atoms. The topological polar surface area (TPSA) is 107 Å². The molecule has 28 heavy (non-hydrogen) atoms. The average Bonchev–Trinajstić information content (AvgIpc) is 2.99. The van der Waals surface area contributed by atoms with Gasteiger partial charge in [-0.3, -0.25) is 9.59 Å². The molecule has 2 aliphatic rings. The van der Waals surface area contributed by atoms with Gasteiger partial charge in [-0.05, 0) is 49.4 Å². The number of primary sulfonamides is 1. The molecule has 0 bridgehead atoms. The van der Waals surface area contributed by atoms with E-state index in [9.17, 15) is 18.0 Å². The fraction of sp³-hybridized carbons (Fsp3) is 0.600. The van der Waals surface area contributed by atoms with E-state index in [2.05, 4.69) is 0 Å². The zero-order valence-electron chi connectivity index (χ0n) is 16.2. The summed E-state index contributed by atoms with van der Waals surface area (Å²) in [5.74, 6) is -0.0494. The summed E-state index contributed by atoms with van der Waals surface area (Å²) in [5, 5.41) is 5.18. The first kappa shape index (κ1) is 20.8. The third-order valence-electron chi connectivity index (χ3n) is 5.70. The highest BCUT2D eigenvalue weighted by Gasteiger charge is 2.32. The maximum Gasteiger partial charge on any atom is 0.306 e. The molecule has 8 heteroatoms. The molecule has 1 aromatic rings. The van der Waals surface area contributed by atoms with E-state index in [0.717, 1.165) is 12.0 Å². The summed E-state index contributed by atoms with van der Waals surface area (Å²) in [7, 11) is -3.79. The Morgan fingerprint density at radius 3 is 2.61 bits per heavy atom. The van der Waals surface area contributed by atoms with Crippen molar-refractivity contribution in [3.8, 4) is 0 Å². The number of nitrogens with zero attached hydrogens (tertiary/aromatic N) is 1. The first-order chi connectivity index (χ1) is 13.3. The van der Waals surface area contributed by atoms with Crippen LogP contribution in [0.15, 0.2) is 23.1 Å². The van der Waals surface area contributed by atoms with Gasteiger partial charge in [0.25, 0.3) is 5.91 Å². The highest BCUT2D eigenvalue weighted by Crippen LogP contribution is 2.34. The molecule has 0 aromatic heterocycles. The summed E-state index contributed by atoms with van der Waals surface area (Å²) in [6.07, 6.45) is 7.80. The molecule has 2 N–H and O–H groups in total. The summed E-state index contributed by atoms with van der Waals surface area (Å²) in [5.41, 5.74) is 1.39. The van der Waals surface area contributed by atoms with Gasteiger partial charge in [0.1, 0.15) is 0 Å². The lowest BCUT2D eigenvalue weighted by molar-refractivity contribution is -0.148. The highest BCUT2D eigenvalue weighted by atomic mass is 32.2. The number of amides is 1. The Morgan fingerprint density at radius 2 is 1.93 bits per heavy atom. The Balaban J connectivity index is 1.55. The standard InChI is InChI=1S/C20H28N2O5S/c1-14-11-16-12-17(28(21,25)26)8-9-18(16)22(14)19(23)13-27-20(24)10-7-15-5-3-2-4-6-15/h8-9,12,14-15H,2-7,10-11,13H2,1H3,(H2,21,25,26). The second-order valence-corrected chi connectivity index (χ2v) is 9.42. The number of sulfonamides is 1. The molecule has 1 fully saturated rings. The molecular weight excluding hydrogens is 380 g/mol. The maximum atomic E-state index is 12.6. The van der Waals surface area contributed by atoms with Crippen LogP contribution in [0.3, 0.4) is 0 Å². The number of ether oxygens (including phenoxy) is 1. The molecule has 1 unspecified atom stereocenters. The minimum absolute atomic E-state index is 0.0295. The zero-order chi connectivity index (χ0) is 20.3. The number of carbonyl (C=O) groups excluding carboxylic acids is 2. The van der Waals surface area contributed by atoms with Crippen molar-refractivity contribution in [2.24, 2.45) is 11.1 Å². The van der Waals surface area contributed by atoms with Crippen LogP contribution in [-0.4, -0.2) is 32.9 Å². The molecule has 154 valence electrons. The first-order valence-corrected chi connectivity index (χ1v) is 11.4. The van der Waals surface area contributed by atoms with Crippen LogP contribution in [0.1, 0.15) is 57.4 Å². The first-order valence-electron chi connectivity index (χ1n) is 9.89. The third-order valence-corrected chi connectivity index (χ3v) is 6.61. The SMILES string of the molecule is CC1Cc2cc(S(N)(=O)=O)ccc2N1C(=O)COC(=O)CCC1CCCCC1. The monoisotopic (exact) mass is 408 g/mol. The van der Waals surface area contributed by atoms with Crippen LogP contribution in [0.4, 0.5) is 5.69 Å². The molecule has 1 amide bonds. The number of hydrogen-bond donors (Lipinski definition) is 1. The molecule has 0 radical (unpaired) electrons. The fourth-order valence-corrected chi connectivity index (χ4v) is 4.81. The number of nitrogens with two attached hydrogens (primary N) is 1. The normalized spacial score (nSPS) is 20.1. The minimum Gasteiger partial charge on any atom is -0.456 e. The van der Waals surface area contributed by atoms with Gasteiger partial charge in [-0.1, -0.05) is 32.1 Å². The van der Waals surface area contributed by atoms with Crippen LogP contribution < -0.4 is 10.0 Å². The maximum absolute atomic E-state index is 12.6. The number of esters is 1. The molecule has 1 aliphatic heterocycles. The molecular formula is C20H28N2O5S. The zero-order valence-corrected chi connectivity index (χ0v) is 17.0. The predicted octanol–water partition coefficient (Wildman–Crippen LogP) is 2.52. The van der Waals surface area contributed by atoms with Gasteiger partial charge >= 0.3 is 5.97 Å². The molecule has 1 aromatic carbocycles. The van der Waals surface area contributed by atoms with Crippen molar-refractivity contribution in [1.82, 2.24) is 0 Å². The fourth-order valence-electron chi connectivity index (χ4n) is 4.25. The van der Waals surface area contributed by atoms with E-state index in [1.165, 1.54) is 44.2 Å². The molecule has 1 heterocycles. The summed E-state index contributed by atoms with van der Waals surface area (Å²) in [4.78, 5) is 26.2. The molecule has 1 aliphatic carbocycles.